The van der Waals surface area contributed by atoms with Crippen molar-refractivity contribution >= 4 is 17.7 Å². The average Bonchev–Trinajstić information content (AvgIpc) is 2.82. The summed E-state index contributed by atoms with van der Waals surface area (Å²) in [5, 5.41) is 26.9. The fourth-order valence-electron chi connectivity index (χ4n) is 2.16. The molecule has 1 saturated heterocycles. The van der Waals surface area contributed by atoms with E-state index in [1.54, 1.807) is 0 Å². The summed E-state index contributed by atoms with van der Waals surface area (Å²) in [6, 6.07) is -0.716. The summed E-state index contributed by atoms with van der Waals surface area (Å²) >= 11 is 0. The van der Waals surface area contributed by atoms with Crippen molar-refractivity contribution in [2.45, 2.75) is 50.6 Å². The van der Waals surface area contributed by atoms with Crippen LogP contribution in [-0.2, 0) is 14.4 Å². The monoisotopic (exact) mass is 319 g/mol. The SMILES string of the molecule is CC(=O)C1(C(=O)O)CCCN1O.NCCCCC(N)C(=O)O. The number of hydroxylamine groups is 2. The van der Waals surface area contributed by atoms with Gasteiger partial charge in [0.25, 0.3) is 0 Å². The van der Waals surface area contributed by atoms with Crippen LogP contribution in [0.15, 0.2) is 0 Å². The highest BCUT2D eigenvalue weighted by Gasteiger charge is 2.51. The molecule has 1 fully saturated rings. The van der Waals surface area contributed by atoms with Crippen molar-refractivity contribution in [2.24, 2.45) is 11.5 Å². The van der Waals surface area contributed by atoms with E-state index in [9.17, 15) is 19.6 Å². The number of aliphatic carboxylic acids is 2. The molecule has 1 aliphatic rings. The van der Waals surface area contributed by atoms with E-state index < -0.39 is 29.3 Å². The highest BCUT2D eigenvalue weighted by Crippen LogP contribution is 2.28. The molecule has 0 spiro atoms. The maximum Gasteiger partial charge on any atom is 0.334 e. The van der Waals surface area contributed by atoms with Gasteiger partial charge in [-0.1, -0.05) is 6.42 Å². The van der Waals surface area contributed by atoms with Crippen molar-refractivity contribution < 1.29 is 29.8 Å². The number of hydrogen-bond donors (Lipinski definition) is 5. The first-order valence-electron chi connectivity index (χ1n) is 7.09. The fourth-order valence-corrected chi connectivity index (χ4v) is 2.16. The lowest BCUT2D eigenvalue weighted by Crippen LogP contribution is -2.54. The zero-order valence-electron chi connectivity index (χ0n) is 12.7. The van der Waals surface area contributed by atoms with Crippen LogP contribution in [0.4, 0.5) is 0 Å². The Kier molecular flexibility index (Phi) is 8.80. The van der Waals surface area contributed by atoms with Crippen molar-refractivity contribution in [1.29, 1.82) is 0 Å². The lowest BCUT2D eigenvalue weighted by Gasteiger charge is -2.26. The molecule has 0 amide bonds. The Labute approximate surface area is 128 Å². The largest absolute Gasteiger partial charge is 0.480 e. The van der Waals surface area contributed by atoms with Gasteiger partial charge in [0, 0.05) is 6.54 Å². The first-order chi connectivity index (χ1) is 10.2. The molecule has 128 valence electrons. The standard InChI is InChI=1S/C7H11NO4.C6H14N2O2/c1-5(9)7(6(10)11)3-2-4-8(7)12;7-4-2-1-3-5(8)6(9)10/h12H,2-4H2,1H3,(H,10,11);5H,1-4,7-8H2,(H,9,10). The van der Waals surface area contributed by atoms with Gasteiger partial charge in [-0.3, -0.25) is 9.59 Å². The molecule has 1 aliphatic heterocycles. The minimum absolute atomic E-state index is 0.189. The Morgan fingerprint density at radius 1 is 1.27 bits per heavy atom. The number of carboxylic acids is 2. The van der Waals surface area contributed by atoms with Crippen LogP contribution in [0.3, 0.4) is 0 Å². The summed E-state index contributed by atoms with van der Waals surface area (Å²) in [6.07, 6.45) is 2.88. The molecular formula is C13H25N3O6. The van der Waals surface area contributed by atoms with E-state index in [2.05, 4.69) is 0 Å². The van der Waals surface area contributed by atoms with E-state index in [1.807, 2.05) is 0 Å². The summed E-state index contributed by atoms with van der Waals surface area (Å²) in [7, 11) is 0. The maximum atomic E-state index is 11.0. The number of nitrogens with two attached hydrogens (primary N) is 2. The molecule has 1 rings (SSSR count). The first-order valence-corrected chi connectivity index (χ1v) is 7.09. The highest BCUT2D eigenvalue weighted by atomic mass is 16.5. The summed E-state index contributed by atoms with van der Waals surface area (Å²) in [5.41, 5.74) is 8.74. The number of Topliss-reactive ketones (excluding diaryl/α,β-unsaturated/α-hetero) is 1. The number of nitrogens with zero attached hydrogens (tertiary/aromatic N) is 1. The number of unbranched alkanes of at least 4 members (excludes halogenated alkanes) is 1. The van der Waals surface area contributed by atoms with Gasteiger partial charge in [-0.25, -0.2) is 4.79 Å². The van der Waals surface area contributed by atoms with Crippen LogP contribution < -0.4 is 11.5 Å². The molecular weight excluding hydrogens is 294 g/mol. The molecule has 0 aromatic heterocycles. The third-order valence-electron chi connectivity index (χ3n) is 3.57. The molecule has 22 heavy (non-hydrogen) atoms. The molecule has 2 atom stereocenters. The number of hydrogen-bond acceptors (Lipinski definition) is 7. The second kappa shape index (κ2) is 9.46. The summed E-state index contributed by atoms with van der Waals surface area (Å²) in [6.45, 7) is 2.03. The van der Waals surface area contributed by atoms with Crippen LogP contribution in [0.1, 0.15) is 39.0 Å². The van der Waals surface area contributed by atoms with Gasteiger partial charge in [0.2, 0.25) is 0 Å². The molecule has 0 aromatic carbocycles. The first kappa shape index (κ1) is 20.5. The zero-order chi connectivity index (χ0) is 17.3. The van der Waals surface area contributed by atoms with E-state index in [0.29, 0.717) is 24.4 Å². The Balaban J connectivity index is 0.000000409. The van der Waals surface area contributed by atoms with E-state index in [-0.39, 0.29) is 13.0 Å². The number of carbonyl (C=O) groups excluding carboxylic acids is 1. The lowest BCUT2D eigenvalue weighted by atomic mass is 9.93. The van der Waals surface area contributed by atoms with Gasteiger partial charge in [0.15, 0.2) is 11.3 Å². The molecule has 0 saturated carbocycles. The quantitative estimate of drug-likeness (QED) is 0.304. The Morgan fingerprint density at radius 3 is 2.14 bits per heavy atom. The molecule has 9 heteroatoms. The predicted molar refractivity (Wildman–Crippen MR) is 77.3 cm³/mol. The Hall–Kier alpha value is -1.55. The van der Waals surface area contributed by atoms with Gasteiger partial charge in [-0.15, -0.1) is 0 Å². The van der Waals surface area contributed by atoms with Gasteiger partial charge in [-0.05, 0) is 39.2 Å². The van der Waals surface area contributed by atoms with Crippen LogP contribution >= 0.6 is 0 Å². The Morgan fingerprint density at radius 2 is 1.86 bits per heavy atom. The van der Waals surface area contributed by atoms with Gasteiger partial charge in [0.1, 0.15) is 6.04 Å². The number of carboxylic acid groups (broad SMARTS) is 2. The van der Waals surface area contributed by atoms with Gasteiger partial charge < -0.3 is 26.9 Å². The van der Waals surface area contributed by atoms with Crippen LogP contribution in [0.25, 0.3) is 0 Å². The van der Waals surface area contributed by atoms with Crippen molar-refractivity contribution in [3.05, 3.63) is 0 Å². The normalized spacial score (nSPS) is 22.5. The molecule has 0 aliphatic carbocycles. The number of carbonyl (C=O) groups is 3. The lowest BCUT2D eigenvalue weighted by molar-refractivity contribution is -0.186. The summed E-state index contributed by atoms with van der Waals surface area (Å²) in [4.78, 5) is 31.9. The molecule has 0 aromatic rings. The van der Waals surface area contributed by atoms with E-state index in [4.69, 9.17) is 21.7 Å². The minimum atomic E-state index is -1.68. The van der Waals surface area contributed by atoms with Crippen LogP contribution in [0, 0.1) is 0 Å². The molecule has 0 radical (unpaired) electrons. The average molecular weight is 319 g/mol. The van der Waals surface area contributed by atoms with Crippen LogP contribution in [-0.4, -0.2) is 62.9 Å². The second-order valence-corrected chi connectivity index (χ2v) is 5.18. The smallest absolute Gasteiger partial charge is 0.334 e. The van der Waals surface area contributed by atoms with E-state index in [0.717, 1.165) is 12.8 Å². The van der Waals surface area contributed by atoms with Gasteiger partial charge in [-0.2, -0.15) is 5.06 Å². The Bertz CT molecular complexity index is 387. The number of rotatable bonds is 7. The van der Waals surface area contributed by atoms with Gasteiger partial charge >= 0.3 is 11.9 Å². The van der Waals surface area contributed by atoms with E-state index in [1.165, 1.54) is 6.92 Å². The topological polar surface area (TPSA) is 167 Å². The van der Waals surface area contributed by atoms with Crippen molar-refractivity contribution in [3.63, 3.8) is 0 Å². The van der Waals surface area contributed by atoms with Crippen LogP contribution in [0.2, 0.25) is 0 Å². The molecule has 1 heterocycles. The molecule has 2 unspecified atom stereocenters. The summed E-state index contributed by atoms with van der Waals surface area (Å²) < 4.78 is 0. The highest BCUT2D eigenvalue weighted by molar-refractivity contribution is 6.06. The minimum Gasteiger partial charge on any atom is -0.480 e. The van der Waals surface area contributed by atoms with Crippen molar-refractivity contribution in [3.8, 4) is 0 Å². The third kappa shape index (κ3) is 5.34. The predicted octanol–water partition coefficient (Wildman–Crippen LogP) is -0.589. The van der Waals surface area contributed by atoms with Crippen molar-refractivity contribution in [2.75, 3.05) is 13.1 Å². The molecule has 7 N–H and O–H groups in total. The number of ketones is 1. The van der Waals surface area contributed by atoms with Crippen LogP contribution in [0.5, 0.6) is 0 Å². The third-order valence-corrected chi connectivity index (χ3v) is 3.57. The second-order valence-electron chi connectivity index (χ2n) is 5.18. The molecule has 9 nitrogen and oxygen atoms in total. The van der Waals surface area contributed by atoms with Crippen molar-refractivity contribution in [1.82, 2.24) is 5.06 Å². The maximum absolute atomic E-state index is 11.0. The molecule has 0 bridgehead atoms. The fraction of sp³-hybridized carbons (Fsp3) is 0.769. The van der Waals surface area contributed by atoms with E-state index >= 15 is 0 Å². The summed E-state index contributed by atoms with van der Waals surface area (Å²) in [5.74, 6) is -2.72. The zero-order valence-corrected chi connectivity index (χ0v) is 12.7. The van der Waals surface area contributed by atoms with Gasteiger partial charge in [0.05, 0.1) is 0 Å².